The average Bonchev–Trinajstić information content (AvgIpc) is 3.05. The lowest BCUT2D eigenvalue weighted by molar-refractivity contribution is 0.102. The summed E-state index contributed by atoms with van der Waals surface area (Å²) < 4.78 is 33.5. The van der Waals surface area contributed by atoms with Crippen molar-refractivity contribution in [3.63, 3.8) is 0 Å². The third kappa shape index (κ3) is 4.75. The molecule has 1 aromatic heterocycles. The molecule has 0 aliphatic heterocycles. The molecule has 3 rings (SSSR count). The van der Waals surface area contributed by atoms with Crippen LogP contribution in [0.25, 0.3) is 11.3 Å². The summed E-state index contributed by atoms with van der Waals surface area (Å²) in [6.07, 6.45) is 0.870. The molecule has 0 fully saturated rings. The number of hydrogen-bond donors (Lipinski definition) is 2. The van der Waals surface area contributed by atoms with Gasteiger partial charge in [-0.2, -0.15) is 5.10 Å². The number of nitrogens with one attached hydrogen (secondary N) is 2. The van der Waals surface area contributed by atoms with Crippen LogP contribution in [0.15, 0.2) is 48.7 Å². The lowest BCUT2D eigenvalue weighted by Crippen LogP contribution is -2.14. The molecule has 2 aromatic carbocycles. The summed E-state index contributed by atoms with van der Waals surface area (Å²) in [5, 5.41) is 9.36. The van der Waals surface area contributed by atoms with Crippen molar-refractivity contribution in [2.45, 2.75) is 6.92 Å². The molecule has 2 N–H and O–H groups in total. The molecule has 150 valence electrons. The zero-order chi connectivity index (χ0) is 21.0. The third-order valence-electron chi connectivity index (χ3n) is 3.92. The van der Waals surface area contributed by atoms with E-state index in [0.717, 1.165) is 12.1 Å². The first-order valence-corrected chi connectivity index (χ1v) is 8.71. The number of amides is 2. The summed E-state index contributed by atoms with van der Waals surface area (Å²) in [7, 11) is 1.59. The second kappa shape index (κ2) is 8.51. The van der Waals surface area contributed by atoms with E-state index in [2.05, 4.69) is 15.7 Å². The van der Waals surface area contributed by atoms with Gasteiger partial charge in [0.1, 0.15) is 17.3 Å². The van der Waals surface area contributed by atoms with E-state index < -0.39 is 23.6 Å². The van der Waals surface area contributed by atoms with Crippen molar-refractivity contribution in [3.8, 4) is 11.3 Å². The van der Waals surface area contributed by atoms with Crippen molar-refractivity contribution in [2.24, 2.45) is 7.05 Å². The number of anilines is 2. The molecule has 0 spiro atoms. The van der Waals surface area contributed by atoms with Gasteiger partial charge >= 0.3 is 6.09 Å². The van der Waals surface area contributed by atoms with E-state index in [9.17, 15) is 18.4 Å². The SMILES string of the molecule is CCOC(=O)Nc1ccc(NC(=O)c2cn(C)nc2-c2ccc(F)cc2F)cc1. The molecule has 1 heterocycles. The molecule has 0 aliphatic rings. The van der Waals surface area contributed by atoms with E-state index in [4.69, 9.17) is 4.74 Å². The van der Waals surface area contributed by atoms with Crippen LogP contribution in [0, 0.1) is 11.6 Å². The Kier molecular flexibility index (Phi) is 5.87. The Morgan fingerprint density at radius 2 is 1.72 bits per heavy atom. The summed E-state index contributed by atoms with van der Waals surface area (Å²) in [5.74, 6) is -2.04. The molecule has 0 saturated carbocycles. The number of nitrogens with zero attached hydrogens (tertiary/aromatic N) is 2. The summed E-state index contributed by atoms with van der Waals surface area (Å²) in [6, 6.07) is 9.44. The molecule has 9 heteroatoms. The minimum Gasteiger partial charge on any atom is -0.450 e. The first-order valence-electron chi connectivity index (χ1n) is 8.71. The second-order valence-electron chi connectivity index (χ2n) is 6.07. The first-order chi connectivity index (χ1) is 13.9. The maximum absolute atomic E-state index is 14.2. The Morgan fingerprint density at radius 3 is 2.34 bits per heavy atom. The van der Waals surface area contributed by atoms with E-state index in [0.29, 0.717) is 11.4 Å². The van der Waals surface area contributed by atoms with Crippen LogP contribution in [-0.4, -0.2) is 28.4 Å². The molecule has 0 saturated heterocycles. The van der Waals surface area contributed by atoms with Crippen LogP contribution in [-0.2, 0) is 11.8 Å². The van der Waals surface area contributed by atoms with Gasteiger partial charge in [0.15, 0.2) is 0 Å². The molecule has 7 nitrogen and oxygen atoms in total. The van der Waals surface area contributed by atoms with Crippen molar-refractivity contribution in [2.75, 3.05) is 17.2 Å². The highest BCUT2D eigenvalue weighted by molar-refractivity contribution is 6.08. The van der Waals surface area contributed by atoms with Gasteiger partial charge in [-0.3, -0.25) is 14.8 Å². The second-order valence-corrected chi connectivity index (χ2v) is 6.07. The van der Waals surface area contributed by atoms with Crippen LogP contribution in [0.1, 0.15) is 17.3 Å². The quantitative estimate of drug-likeness (QED) is 0.673. The van der Waals surface area contributed by atoms with Gasteiger partial charge in [-0.15, -0.1) is 0 Å². The van der Waals surface area contributed by atoms with Gasteiger partial charge in [0.2, 0.25) is 0 Å². The molecule has 0 atom stereocenters. The minimum atomic E-state index is -0.813. The Bertz CT molecular complexity index is 1050. The lowest BCUT2D eigenvalue weighted by atomic mass is 10.1. The Labute approximate surface area is 165 Å². The number of benzene rings is 2. The van der Waals surface area contributed by atoms with E-state index >= 15 is 0 Å². The van der Waals surface area contributed by atoms with Gasteiger partial charge in [-0.1, -0.05) is 0 Å². The maximum atomic E-state index is 14.2. The van der Waals surface area contributed by atoms with Crippen molar-refractivity contribution in [3.05, 3.63) is 65.9 Å². The van der Waals surface area contributed by atoms with Crippen LogP contribution in [0.3, 0.4) is 0 Å². The summed E-state index contributed by atoms with van der Waals surface area (Å²) in [6.45, 7) is 1.95. The molecule has 0 unspecified atom stereocenters. The molecule has 0 radical (unpaired) electrons. The third-order valence-corrected chi connectivity index (χ3v) is 3.92. The highest BCUT2D eigenvalue weighted by atomic mass is 19.1. The molecule has 2 amide bonds. The number of halogens is 2. The number of rotatable bonds is 5. The Morgan fingerprint density at radius 1 is 1.07 bits per heavy atom. The summed E-state index contributed by atoms with van der Waals surface area (Å²) in [4.78, 5) is 24.1. The average molecular weight is 400 g/mol. The van der Waals surface area contributed by atoms with Gasteiger partial charge in [0.25, 0.3) is 5.91 Å². The predicted molar refractivity (Wildman–Crippen MR) is 104 cm³/mol. The summed E-state index contributed by atoms with van der Waals surface area (Å²) in [5.41, 5.74) is 1.21. The Balaban J connectivity index is 1.79. The topological polar surface area (TPSA) is 85.3 Å². The molecule has 0 bridgehead atoms. The van der Waals surface area contributed by atoms with Crippen LogP contribution < -0.4 is 10.6 Å². The van der Waals surface area contributed by atoms with Gasteiger partial charge in [0, 0.05) is 36.2 Å². The van der Waals surface area contributed by atoms with Crippen molar-refractivity contribution in [1.82, 2.24) is 9.78 Å². The van der Waals surface area contributed by atoms with E-state index in [1.54, 1.807) is 38.2 Å². The smallest absolute Gasteiger partial charge is 0.411 e. The van der Waals surface area contributed by atoms with Crippen molar-refractivity contribution in [1.29, 1.82) is 0 Å². The number of carbonyl (C=O) groups is 2. The predicted octanol–water partition coefficient (Wildman–Crippen LogP) is 4.19. The Hall–Kier alpha value is -3.75. The van der Waals surface area contributed by atoms with Gasteiger partial charge in [-0.05, 0) is 43.3 Å². The largest absolute Gasteiger partial charge is 0.450 e. The maximum Gasteiger partial charge on any atom is 0.411 e. The highest BCUT2D eigenvalue weighted by Gasteiger charge is 2.20. The van der Waals surface area contributed by atoms with Crippen LogP contribution >= 0.6 is 0 Å². The van der Waals surface area contributed by atoms with E-state index in [1.165, 1.54) is 16.9 Å². The zero-order valence-electron chi connectivity index (χ0n) is 15.7. The van der Waals surface area contributed by atoms with Crippen molar-refractivity contribution < 1.29 is 23.1 Å². The highest BCUT2D eigenvalue weighted by Crippen LogP contribution is 2.26. The van der Waals surface area contributed by atoms with Crippen molar-refractivity contribution >= 4 is 23.4 Å². The summed E-state index contributed by atoms with van der Waals surface area (Å²) >= 11 is 0. The lowest BCUT2D eigenvalue weighted by Gasteiger charge is -2.08. The van der Waals surface area contributed by atoms with Crippen LogP contribution in [0.5, 0.6) is 0 Å². The van der Waals surface area contributed by atoms with E-state index in [1.807, 2.05) is 0 Å². The van der Waals surface area contributed by atoms with Crippen LogP contribution in [0.4, 0.5) is 25.0 Å². The van der Waals surface area contributed by atoms with E-state index in [-0.39, 0.29) is 23.4 Å². The fourth-order valence-electron chi connectivity index (χ4n) is 2.66. The normalized spacial score (nSPS) is 10.5. The first kappa shape index (κ1) is 20.0. The standard InChI is InChI=1S/C20H18F2N4O3/c1-3-29-20(28)24-14-7-5-13(6-8-14)23-19(27)16-11-26(2)25-18(16)15-9-4-12(21)10-17(15)22/h4-11H,3H2,1-2H3,(H,23,27)(H,24,28). The number of aromatic nitrogens is 2. The molecular weight excluding hydrogens is 382 g/mol. The van der Waals surface area contributed by atoms with Gasteiger partial charge in [-0.25, -0.2) is 13.6 Å². The molecule has 0 aliphatic carbocycles. The monoisotopic (exact) mass is 400 g/mol. The number of aryl methyl sites for hydroxylation is 1. The number of ether oxygens (including phenoxy) is 1. The minimum absolute atomic E-state index is 0.0196. The van der Waals surface area contributed by atoms with Gasteiger partial charge < -0.3 is 10.1 Å². The van der Waals surface area contributed by atoms with Gasteiger partial charge in [0.05, 0.1) is 12.2 Å². The number of carbonyl (C=O) groups excluding carboxylic acids is 2. The van der Waals surface area contributed by atoms with Crippen LogP contribution in [0.2, 0.25) is 0 Å². The fraction of sp³-hybridized carbons (Fsp3) is 0.150. The molecule has 29 heavy (non-hydrogen) atoms. The zero-order valence-corrected chi connectivity index (χ0v) is 15.7. The fourth-order valence-corrected chi connectivity index (χ4v) is 2.66. The molecular formula is C20H18F2N4O3. The number of hydrogen-bond acceptors (Lipinski definition) is 4. The molecule has 3 aromatic rings.